The molecule has 0 saturated heterocycles. The molecule has 2 amide bonds. The van der Waals surface area contributed by atoms with Crippen LogP contribution in [0.1, 0.15) is 32.6 Å². The van der Waals surface area contributed by atoms with Crippen molar-refractivity contribution in [3.63, 3.8) is 0 Å². The lowest BCUT2D eigenvalue weighted by molar-refractivity contribution is -0.122. The van der Waals surface area contributed by atoms with Crippen LogP contribution in [0.5, 0.6) is 17.2 Å². The van der Waals surface area contributed by atoms with Gasteiger partial charge in [-0.05, 0) is 47.0 Å². The molecule has 3 aromatic carbocycles. The molecular weight excluding hydrogens is 482 g/mol. The predicted molar refractivity (Wildman–Crippen MR) is 138 cm³/mol. The molecule has 1 N–H and O–H groups in total. The summed E-state index contributed by atoms with van der Waals surface area (Å²) < 4.78 is 17.2. The summed E-state index contributed by atoms with van der Waals surface area (Å²) in [5.41, 5.74) is 3.85. The molecule has 0 aliphatic carbocycles. The lowest BCUT2D eigenvalue weighted by atomic mass is 9.77. The molecule has 3 aliphatic rings. The number of rotatable bonds is 5. The van der Waals surface area contributed by atoms with Gasteiger partial charge >= 0.3 is 0 Å². The van der Waals surface area contributed by atoms with Gasteiger partial charge in [0.05, 0.1) is 6.54 Å². The Hall–Kier alpha value is -4.85. The Balaban J connectivity index is 1.18. The zero-order valence-electron chi connectivity index (χ0n) is 20.3. The van der Waals surface area contributed by atoms with E-state index < -0.39 is 5.41 Å². The SMILES string of the molecule is O=C(NCc1cccnc1)c1cccc(CN2C(=O)C3(COc4cc5c(cc43)OCO5)c3ccccc32)c1. The van der Waals surface area contributed by atoms with Gasteiger partial charge in [0.15, 0.2) is 11.5 Å². The molecule has 1 atom stereocenters. The fourth-order valence-electron chi connectivity index (χ4n) is 5.50. The van der Waals surface area contributed by atoms with Gasteiger partial charge in [-0.1, -0.05) is 36.4 Å². The van der Waals surface area contributed by atoms with Crippen molar-refractivity contribution in [2.45, 2.75) is 18.5 Å². The molecule has 38 heavy (non-hydrogen) atoms. The van der Waals surface area contributed by atoms with E-state index in [1.807, 2.05) is 60.7 Å². The van der Waals surface area contributed by atoms with Crippen LogP contribution in [-0.2, 0) is 23.3 Å². The number of nitrogens with one attached hydrogen (secondary N) is 1. The number of aromatic nitrogens is 1. The molecular formula is C30H23N3O5. The number of hydrogen-bond acceptors (Lipinski definition) is 6. The third kappa shape index (κ3) is 3.41. The number of hydrogen-bond donors (Lipinski definition) is 1. The van der Waals surface area contributed by atoms with Crippen LogP contribution in [0.4, 0.5) is 5.69 Å². The van der Waals surface area contributed by atoms with E-state index in [0.29, 0.717) is 35.9 Å². The molecule has 7 rings (SSSR count). The first kappa shape index (κ1) is 22.4. The molecule has 8 heteroatoms. The van der Waals surface area contributed by atoms with Crippen LogP contribution in [0, 0.1) is 0 Å². The first-order valence-electron chi connectivity index (χ1n) is 12.4. The lowest BCUT2D eigenvalue weighted by Gasteiger charge is -2.23. The van der Waals surface area contributed by atoms with Crippen molar-refractivity contribution in [3.8, 4) is 17.2 Å². The highest BCUT2D eigenvalue weighted by molar-refractivity contribution is 6.11. The van der Waals surface area contributed by atoms with Gasteiger partial charge < -0.3 is 24.4 Å². The van der Waals surface area contributed by atoms with Gasteiger partial charge in [-0.3, -0.25) is 14.6 Å². The molecule has 0 fully saturated rings. The van der Waals surface area contributed by atoms with Crippen LogP contribution >= 0.6 is 0 Å². The van der Waals surface area contributed by atoms with Gasteiger partial charge in [0.2, 0.25) is 12.7 Å². The Morgan fingerprint density at radius 3 is 2.61 bits per heavy atom. The summed E-state index contributed by atoms with van der Waals surface area (Å²) in [6.07, 6.45) is 3.42. The first-order chi connectivity index (χ1) is 18.6. The largest absolute Gasteiger partial charge is 0.491 e. The average Bonchev–Trinajstić information content (AvgIpc) is 3.64. The number of nitrogens with zero attached hydrogens (tertiary/aromatic N) is 2. The second-order valence-corrected chi connectivity index (χ2v) is 9.55. The highest BCUT2D eigenvalue weighted by Gasteiger charge is 2.57. The number of ether oxygens (including phenoxy) is 3. The number of amides is 2. The molecule has 1 aromatic heterocycles. The number of carbonyl (C=O) groups excluding carboxylic acids is 2. The van der Waals surface area contributed by atoms with Crippen molar-refractivity contribution in [2.24, 2.45) is 0 Å². The molecule has 0 bridgehead atoms. The number of pyridine rings is 1. The molecule has 1 unspecified atom stereocenters. The van der Waals surface area contributed by atoms with Crippen molar-refractivity contribution in [2.75, 3.05) is 18.3 Å². The molecule has 0 radical (unpaired) electrons. The number of para-hydroxylation sites is 1. The third-order valence-electron chi connectivity index (χ3n) is 7.35. The molecule has 0 saturated carbocycles. The lowest BCUT2D eigenvalue weighted by Crippen LogP contribution is -2.42. The molecule has 4 aromatic rings. The maximum atomic E-state index is 14.2. The Kier molecular flexibility index (Phi) is 5.07. The Morgan fingerprint density at radius 2 is 1.74 bits per heavy atom. The van der Waals surface area contributed by atoms with Crippen molar-refractivity contribution < 1.29 is 23.8 Å². The van der Waals surface area contributed by atoms with E-state index in [9.17, 15) is 9.59 Å². The molecule has 8 nitrogen and oxygen atoms in total. The van der Waals surface area contributed by atoms with Crippen LogP contribution in [0.15, 0.2) is 85.2 Å². The van der Waals surface area contributed by atoms with Crippen molar-refractivity contribution in [3.05, 3.63) is 113 Å². The van der Waals surface area contributed by atoms with E-state index in [1.165, 1.54) is 0 Å². The summed E-state index contributed by atoms with van der Waals surface area (Å²) in [7, 11) is 0. The van der Waals surface area contributed by atoms with Crippen LogP contribution in [0.2, 0.25) is 0 Å². The second kappa shape index (κ2) is 8.62. The normalized spacial score (nSPS) is 18.3. The van der Waals surface area contributed by atoms with Gasteiger partial charge in [0, 0.05) is 41.8 Å². The number of benzene rings is 3. The van der Waals surface area contributed by atoms with Gasteiger partial charge in [-0.2, -0.15) is 0 Å². The third-order valence-corrected chi connectivity index (χ3v) is 7.35. The van der Waals surface area contributed by atoms with E-state index >= 15 is 0 Å². The molecule has 3 aliphatic heterocycles. The van der Waals surface area contributed by atoms with Crippen molar-refractivity contribution in [1.82, 2.24) is 10.3 Å². The monoisotopic (exact) mass is 505 g/mol. The summed E-state index contributed by atoms with van der Waals surface area (Å²) in [5.74, 6) is 1.61. The van der Waals surface area contributed by atoms with Crippen LogP contribution in [-0.4, -0.2) is 30.2 Å². The highest BCUT2D eigenvalue weighted by Crippen LogP contribution is 2.55. The van der Waals surface area contributed by atoms with Crippen molar-refractivity contribution in [1.29, 1.82) is 0 Å². The van der Waals surface area contributed by atoms with Crippen LogP contribution in [0.3, 0.4) is 0 Å². The number of fused-ring (bicyclic) bond motifs is 5. The molecule has 188 valence electrons. The Labute approximate surface area is 218 Å². The second-order valence-electron chi connectivity index (χ2n) is 9.55. The Bertz CT molecular complexity index is 1590. The van der Waals surface area contributed by atoms with E-state index in [1.54, 1.807) is 29.4 Å². The zero-order chi connectivity index (χ0) is 25.7. The summed E-state index contributed by atoms with van der Waals surface area (Å²) in [4.78, 5) is 32.9. The minimum absolute atomic E-state index is 0.0669. The molecule has 4 heterocycles. The maximum Gasteiger partial charge on any atom is 0.251 e. The average molecular weight is 506 g/mol. The highest BCUT2D eigenvalue weighted by atomic mass is 16.7. The maximum absolute atomic E-state index is 14.2. The predicted octanol–water partition coefficient (Wildman–Crippen LogP) is 3.97. The standard InChI is InChI=1S/C30H23N3O5/c34-28(32-15-20-6-4-10-31-14-20)21-7-3-5-19(11-21)16-33-24-9-2-1-8-22(24)30(29(33)35)17-36-25-13-27-26(12-23(25)30)37-18-38-27/h1-14H,15-18H2,(H,32,34). The van der Waals surface area contributed by atoms with Crippen LogP contribution < -0.4 is 24.4 Å². The summed E-state index contributed by atoms with van der Waals surface area (Å²) in [5, 5.41) is 2.93. The van der Waals surface area contributed by atoms with E-state index in [4.69, 9.17) is 14.2 Å². The summed E-state index contributed by atoms with van der Waals surface area (Å²) >= 11 is 0. The fraction of sp³-hybridized carbons (Fsp3) is 0.167. The van der Waals surface area contributed by atoms with Gasteiger partial charge in [-0.15, -0.1) is 0 Å². The Morgan fingerprint density at radius 1 is 0.895 bits per heavy atom. The van der Waals surface area contributed by atoms with E-state index in [0.717, 1.165) is 27.9 Å². The zero-order valence-corrected chi connectivity index (χ0v) is 20.3. The van der Waals surface area contributed by atoms with Crippen LogP contribution in [0.25, 0.3) is 0 Å². The topological polar surface area (TPSA) is 90.0 Å². The molecule has 1 spiro atoms. The van der Waals surface area contributed by atoms with E-state index in [-0.39, 0.29) is 25.2 Å². The van der Waals surface area contributed by atoms with E-state index in [2.05, 4.69) is 10.3 Å². The number of carbonyl (C=O) groups is 2. The summed E-state index contributed by atoms with van der Waals surface area (Å²) in [6.45, 7) is 1.05. The first-order valence-corrected chi connectivity index (χ1v) is 12.4. The minimum atomic E-state index is -0.967. The fourth-order valence-corrected chi connectivity index (χ4v) is 5.50. The minimum Gasteiger partial charge on any atom is -0.491 e. The van der Waals surface area contributed by atoms with Crippen molar-refractivity contribution >= 4 is 17.5 Å². The quantitative estimate of drug-likeness (QED) is 0.442. The van der Waals surface area contributed by atoms with Gasteiger partial charge in [0.1, 0.15) is 17.8 Å². The van der Waals surface area contributed by atoms with Gasteiger partial charge in [0.25, 0.3) is 5.91 Å². The van der Waals surface area contributed by atoms with Gasteiger partial charge in [-0.25, -0.2) is 0 Å². The summed E-state index contributed by atoms with van der Waals surface area (Å²) in [6, 6.07) is 22.6. The smallest absolute Gasteiger partial charge is 0.251 e. The number of anilines is 1.